The van der Waals surface area contributed by atoms with E-state index in [1.807, 2.05) is 45.0 Å². The number of hydrogen-bond donors (Lipinski definition) is 3. The highest BCUT2D eigenvalue weighted by molar-refractivity contribution is 7.15. The molecule has 0 fully saturated rings. The predicted octanol–water partition coefficient (Wildman–Crippen LogP) is 2.98. The molecule has 0 aliphatic carbocycles. The van der Waals surface area contributed by atoms with Gasteiger partial charge in [-0.2, -0.15) is 0 Å². The second kappa shape index (κ2) is 8.49. The molecule has 0 saturated heterocycles. The molecule has 1 aliphatic rings. The van der Waals surface area contributed by atoms with Crippen molar-refractivity contribution in [2.24, 2.45) is 0 Å². The molecule has 0 saturated carbocycles. The van der Waals surface area contributed by atoms with E-state index >= 15 is 0 Å². The molecule has 2 aromatic rings. The zero-order valence-corrected chi connectivity index (χ0v) is 16.7. The molecule has 0 atom stereocenters. The van der Waals surface area contributed by atoms with Crippen LogP contribution < -0.4 is 16.0 Å². The van der Waals surface area contributed by atoms with Crippen LogP contribution in [0.1, 0.15) is 30.0 Å². The summed E-state index contributed by atoms with van der Waals surface area (Å²) in [6.45, 7) is 7.59. The fourth-order valence-corrected chi connectivity index (χ4v) is 4.00. The van der Waals surface area contributed by atoms with Gasteiger partial charge in [-0.3, -0.25) is 15.0 Å². The van der Waals surface area contributed by atoms with Gasteiger partial charge >= 0.3 is 6.03 Å². The summed E-state index contributed by atoms with van der Waals surface area (Å²) in [7, 11) is 0. The van der Waals surface area contributed by atoms with Crippen LogP contribution in [0.4, 0.5) is 15.6 Å². The van der Waals surface area contributed by atoms with E-state index in [4.69, 9.17) is 0 Å². The number of carbonyl (C=O) groups excluding carboxylic acids is 2. The van der Waals surface area contributed by atoms with Gasteiger partial charge in [0.1, 0.15) is 0 Å². The lowest BCUT2D eigenvalue weighted by Gasteiger charge is -2.25. The number of amides is 3. The van der Waals surface area contributed by atoms with Crippen molar-refractivity contribution in [3.8, 4) is 0 Å². The lowest BCUT2D eigenvalue weighted by molar-refractivity contribution is -0.117. The molecule has 0 radical (unpaired) electrons. The number of carbonyl (C=O) groups is 2. The summed E-state index contributed by atoms with van der Waals surface area (Å²) >= 11 is 1.47. The van der Waals surface area contributed by atoms with Crippen LogP contribution in [0.2, 0.25) is 0 Å². The highest BCUT2D eigenvalue weighted by Crippen LogP contribution is 2.28. The molecule has 2 heterocycles. The Morgan fingerprint density at radius 3 is 2.85 bits per heavy atom. The summed E-state index contributed by atoms with van der Waals surface area (Å²) in [4.78, 5) is 31.9. The third-order valence-corrected chi connectivity index (χ3v) is 5.12. The van der Waals surface area contributed by atoms with Crippen molar-refractivity contribution in [2.45, 2.75) is 39.8 Å². The molecule has 27 heavy (non-hydrogen) atoms. The van der Waals surface area contributed by atoms with Crippen LogP contribution >= 0.6 is 11.3 Å². The smallest absolute Gasteiger partial charge is 0.321 e. The van der Waals surface area contributed by atoms with Gasteiger partial charge in [0, 0.05) is 36.1 Å². The summed E-state index contributed by atoms with van der Waals surface area (Å²) in [5, 5.41) is 9.12. The quantitative estimate of drug-likeness (QED) is 0.736. The first-order valence-corrected chi connectivity index (χ1v) is 9.85. The molecule has 8 heteroatoms. The lowest BCUT2D eigenvalue weighted by Crippen LogP contribution is -2.36. The molecule has 7 nitrogen and oxygen atoms in total. The topological polar surface area (TPSA) is 86.4 Å². The van der Waals surface area contributed by atoms with Crippen LogP contribution in [0.25, 0.3) is 0 Å². The van der Waals surface area contributed by atoms with Gasteiger partial charge in [-0.15, -0.1) is 11.3 Å². The zero-order chi connectivity index (χ0) is 19.4. The molecule has 144 valence electrons. The van der Waals surface area contributed by atoms with Crippen LogP contribution in [-0.4, -0.2) is 41.0 Å². The molecule has 3 amide bonds. The number of rotatable bonds is 5. The third-order valence-electron chi connectivity index (χ3n) is 4.12. The van der Waals surface area contributed by atoms with Crippen LogP contribution in [-0.2, 0) is 17.8 Å². The van der Waals surface area contributed by atoms with Crippen molar-refractivity contribution in [3.63, 3.8) is 0 Å². The van der Waals surface area contributed by atoms with Gasteiger partial charge in [0.15, 0.2) is 5.13 Å². The van der Waals surface area contributed by atoms with E-state index in [0.29, 0.717) is 18.2 Å². The number of benzene rings is 1. The van der Waals surface area contributed by atoms with Crippen molar-refractivity contribution in [1.29, 1.82) is 0 Å². The first-order chi connectivity index (χ1) is 12.9. The summed E-state index contributed by atoms with van der Waals surface area (Å²) in [6.07, 6.45) is 0.775. The van der Waals surface area contributed by atoms with Gasteiger partial charge in [0.05, 0.1) is 12.2 Å². The van der Waals surface area contributed by atoms with Crippen molar-refractivity contribution in [2.75, 3.05) is 23.7 Å². The Balaban J connectivity index is 1.55. The third kappa shape index (κ3) is 5.51. The van der Waals surface area contributed by atoms with Gasteiger partial charge in [0.2, 0.25) is 5.91 Å². The molecule has 1 aromatic carbocycles. The Bertz CT molecular complexity index is 833. The van der Waals surface area contributed by atoms with Gasteiger partial charge in [0.25, 0.3) is 0 Å². The van der Waals surface area contributed by atoms with E-state index < -0.39 is 0 Å². The zero-order valence-electron chi connectivity index (χ0n) is 15.8. The Kier molecular flexibility index (Phi) is 6.08. The second-order valence-electron chi connectivity index (χ2n) is 7.02. The molecule has 0 spiro atoms. The van der Waals surface area contributed by atoms with Crippen LogP contribution in [0.5, 0.6) is 0 Å². The van der Waals surface area contributed by atoms with Gasteiger partial charge in [-0.05, 0) is 38.5 Å². The second-order valence-corrected chi connectivity index (χ2v) is 8.10. The Hall–Kier alpha value is -2.45. The standard InChI is InChI=1S/C19H25N5O2S/c1-12(2)20-18(26)23-19-22-15-7-8-24(10-16(15)27-19)11-17(25)21-14-6-4-5-13(3)9-14/h4-6,9,12H,7-8,10-11H2,1-3H3,(H,21,25)(H2,20,22,23,26). The molecule has 1 aromatic heterocycles. The lowest BCUT2D eigenvalue weighted by atomic mass is 10.2. The summed E-state index contributed by atoms with van der Waals surface area (Å²) in [5.74, 6) is -0.0248. The summed E-state index contributed by atoms with van der Waals surface area (Å²) in [6, 6.07) is 7.60. The van der Waals surface area contributed by atoms with E-state index in [0.717, 1.165) is 34.8 Å². The molecular weight excluding hydrogens is 362 g/mol. The van der Waals surface area contributed by atoms with E-state index in [2.05, 4.69) is 25.8 Å². The van der Waals surface area contributed by atoms with E-state index in [1.165, 1.54) is 11.3 Å². The number of thiazole rings is 1. The van der Waals surface area contributed by atoms with Crippen molar-refractivity contribution in [3.05, 3.63) is 40.4 Å². The van der Waals surface area contributed by atoms with Crippen molar-refractivity contribution < 1.29 is 9.59 Å². The van der Waals surface area contributed by atoms with Crippen molar-refractivity contribution >= 4 is 34.1 Å². The normalized spacial score (nSPS) is 13.9. The molecule has 3 N–H and O–H groups in total. The van der Waals surface area contributed by atoms with E-state index in [9.17, 15) is 9.59 Å². The van der Waals surface area contributed by atoms with Crippen molar-refractivity contribution in [1.82, 2.24) is 15.2 Å². The average Bonchev–Trinajstić information content (AvgIpc) is 2.95. The molecule has 0 unspecified atom stereocenters. The SMILES string of the molecule is Cc1cccc(NC(=O)CN2CCc3nc(NC(=O)NC(C)C)sc3C2)c1. The average molecular weight is 388 g/mol. The fourth-order valence-electron chi connectivity index (χ4n) is 2.96. The number of aryl methyl sites for hydroxylation is 1. The highest BCUT2D eigenvalue weighted by Gasteiger charge is 2.23. The predicted molar refractivity (Wildman–Crippen MR) is 108 cm³/mol. The van der Waals surface area contributed by atoms with Gasteiger partial charge in [-0.25, -0.2) is 9.78 Å². The minimum absolute atomic E-state index is 0.0248. The number of urea groups is 1. The Morgan fingerprint density at radius 1 is 1.30 bits per heavy atom. The number of nitrogens with one attached hydrogen (secondary N) is 3. The maximum atomic E-state index is 12.3. The van der Waals surface area contributed by atoms with Crippen LogP contribution in [0.15, 0.2) is 24.3 Å². The number of fused-ring (bicyclic) bond motifs is 1. The molecule has 1 aliphatic heterocycles. The Morgan fingerprint density at radius 2 is 2.11 bits per heavy atom. The van der Waals surface area contributed by atoms with E-state index in [-0.39, 0.29) is 18.0 Å². The molecular formula is C19H25N5O2S. The first kappa shape index (κ1) is 19.3. The Labute approximate surface area is 163 Å². The van der Waals surface area contributed by atoms with Gasteiger partial charge in [-0.1, -0.05) is 12.1 Å². The van der Waals surface area contributed by atoms with Crippen LogP contribution in [0, 0.1) is 6.92 Å². The van der Waals surface area contributed by atoms with E-state index in [1.54, 1.807) is 0 Å². The number of aromatic nitrogens is 1. The number of nitrogens with zero attached hydrogens (tertiary/aromatic N) is 2. The number of hydrogen-bond acceptors (Lipinski definition) is 5. The summed E-state index contributed by atoms with van der Waals surface area (Å²) in [5.41, 5.74) is 2.94. The molecule has 3 rings (SSSR count). The minimum atomic E-state index is -0.245. The number of anilines is 2. The maximum absolute atomic E-state index is 12.3. The molecule has 0 bridgehead atoms. The fraction of sp³-hybridized carbons (Fsp3) is 0.421. The van der Waals surface area contributed by atoms with Crippen LogP contribution in [0.3, 0.4) is 0 Å². The highest BCUT2D eigenvalue weighted by atomic mass is 32.1. The maximum Gasteiger partial charge on any atom is 0.321 e. The summed E-state index contributed by atoms with van der Waals surface area (Å²) < 4.78 is 0. The first-order valence-electron chi connectivity index (χ1n) is 9.04. The van der Waals surface area contributed by atoms with Gasteiger partial charge < -0.3 is 10.6 Å². The monoisotopic (exact) mass is 387 g/mol. The largest absolute Gasteiger partial charge is 0.336 e. The minimum Gasteiger partial charge on any atom is -0.336 e.